The number of amides is 1. The zero-order chi connectivity index (χ0) is 23.1. The summed E-state index contributed by atoms with van der Waals surface area (Å²) in [6.45, 7) is 3.77. The maximum Gasteiger partial charge on any atom is 0.322 e. The van der Waals surface area contributed by atoms with E-state index in [9.17, 15) is 10.1 Å². The highest BCUT2D eigenvalue weighted by Crippen LogP contribution is 2.30. The molecule has 0 bridgehead atoms. The molecule has 3 heterocycles. The van der Waals surface area contributed by atoms with Crippen LogP contribution in [0.4, 0.5) is 5.69 Å². The Kier molecular flexibility index (Phi) is 5.03. The summed E-state index contributed by atoms with van der Waals surface area (Å²) in [5, 5.41) is 15.3. The molecular weight excluding hydrogens is 420 g/mol. The Bertz CT molecular complexity index is 1430. The molecule has 2 aromatic carbocycles. The molecule has 10 nitrogen and oxygen atoms in total. The number of hydrogen-bond acceptors (Lipinski definition) is 8. The maximum absolute atomic E-state index is 11.8. The standard InChI is InChI=1S/C23H22N8O2/c1-29-7-9-31(10-8-29)16-4-6-18(15(11-16)12-24)33-23-26-13-14-3-5-17-20(22(25)32)28-30(2)21(17)19(14)27-23/h3-6,11,13H,7-10H2,1-2H3,(H2,25,32). The Morgan fingerprint density at radius 3 is 2.67 bits per heavy atom. The number of ether oxygens (including phenoxy) is 1. The number of piperazine rings is 1. The summed E-state index contributed by atoms with van der Waals surface area (Å²) < 4.78 is 7.49. The smallest absolute Gasteiger partial charge is 0.322 e. The van der Waals surface area contributed by atoms with E-state index < -0.39 is 5.91 Å². The third kappa shape index (κ3) is 3.68. The fourth-order valence-electron chi connectivity index (χ4n) is 4.12. The minimum absolute atomic E-state index is 0.0978. The van der Waals surface area contributed by atoms with Gasteiger partial charge in [0.25, 0.3) is 5.91 Å². The van der Waals surface area contributed by atoms with Crippen LogP contribution in [0.5, 0.6) is 11.8 Å². The first kappa shape index (κ1) is 20.7. The zero-order valence-electron chi connectivity index (χ0n) is 18.3. The molecule has 5 rings (SSSR count). The highest BCUT2D eigenvalue weighted by Gasteiger charge is 2.19. The van der Waals surface area contributed by atoms with Crippen LogP contribution in [0.1, 0.15) is 16.1 Å². The van der Waals surface area contributed by atoms with E-state index in [1.807, 2.05) is 12.1 Å². The normalized spacial score (nSPS) is 14.5. The minimum atomic E-state index is -0.607. The van der Waals surface area contributed by atoms with E-state index in [0.29, 0.717) is 27.7 Å². The quantitative estimate of drug-likeness (QED) is 0.509. The second-order valence-corrected chi connectivity index (χ2v) is 8.07. The maximum atomic E-state index is 11.8. The van der Waals surface area contributed by atoms with Crippen molar-refractivity contribution in [3.8, 4) is 17.8 Å². The van der Waals surface area contributed by atoms with E-state index in [1.54, 1.807) is 36.1 Å². The molecule has 2 aromatic heterocycles. The Hall–Kier alpha value is -4.23. The SMILES string of the molecule is CN1CCN(c2ccc(Oc3ncc4ccc5c(C(N)=O)nn(C)c5c4n3)c(C#N)c2)CC1. The molecular formula is C23H22N8O2. The van der Waals surface area contributed by atoms with Crippen molar-refractivity contribution < 1.29 is 9.53 Å². The van der Waals surface area contributed by atoms with Crippen LogP contribution in [0.25, 0.3) is 21.8 Å². The van der Waals surface area contributed by atoms with Gasteiger partial charge >= 0.3 is 6.01 Å². The lowest BCUT2D eigenvalue weighted by Gasteiger charge is -2.34. The number of fused-ring (bicyclic) bond motifs is 3. The number of nitrogens with two attached hydrogens (primary N) is 1. The second kappa shape index (κ2) is 8.03. The highest BCUT2D eigenvalue weighted by atomic mass is 16.5. The summed E-state index contributed by atoms with van der Waals surface area (Å²) in [5.74, 6) is -0.227. The molecule has 1 fully saturated rings. The van der Waals surface area contributed by atoms with Crippen LogP contribution in [-0.4, -0.2) is 63.8 Å². The van der Waals surface area contributed by atoms with Gasteiger partial charge in [0.05, 0.1) is 11.1 Å². The summed E-state index contributed by atoms with van der Waals surface area (Å²) in [4.78, 5) is 25.1. The summed E-state index contributed by atoms with van der Waals surface area (Å²) in [7, 11) is 3.83. The fraction of sp³-hybridized carbons (Fsp3) is 0.261. The van der Waals surface area contributed by atoms with Crippen LogP contribution in [-0.2, 0) is 7.05 Å². The van der Waals surface area contributed by atoms with Gasteiger partial charge in [-0.2, -0.15) is 15.3 Å². The topological polar surface area (TPSA) is 126 Å². The molecule has 33 heavy (non-hydrogen) atoms. The lowest BCUT2D eigenvalue weighted by atomic mass is 10.1. The van der Waals surface area contributed by atoms with Gasteiger partial charge in [0.15, 0.2) is 5.69 Å². The predicted molar refractivity (Wildman–Crippen MR) is 123 cm³/mol. The first-order valence-electron chi connectivity index (χ1n) is 10.5. The first-order chi connectivity index (χ1) is 15.9. The van der Waals surface area contributed by atoms with Gasteiger partial charge in [-0.1, -0.05) is 6.07 Å². The number of nitriles is 1. The van der Waals surface area contributed by atoms with Gasteiger partial charge in [0.2, 0.25) is 0 Å². The van der Waals surface area contributed by atoms with E-state index in [0.717, 1.165) is 37.3 Å². The second-order valence-electron chi connectivity index (χ2n) is 8.07. The monoisotopic (exact) mass is 442 g/mol. The summed E-state index contributed by atoms with van der Waals surface area (Å²) in [6.07, 6.45) is 1.64. The van der Waals surface area contributed by atoms with E-state index in [2.05, 4.69) is 38.0 Å². The Morgan fingerprint density at radius 2 is 1.94 bits per heavy atom. The molecule has 166 valence electrons. The van der Waals surface area contributed by atoms with Crippen molar-refractivity contribution in [2.24, 2.45) is 12.8 Å². The van der Waals surface area contributed by atoms with Gasteiger partial charge in [-0.05, 0) is 31.3 Å². The van der Waals surface area contributed by atoms with Crippen LogP contribution in [0, 0.1) is 11.3 Å². The molecule has 0 saturated carbocycles. The van der Waals surface area contributed by atoms with Crippen molar-refractivity contribution in [1.82, 2.24) is 24.6 Å². The van der Waals surface area contributed by atoms with E-state index in [-0.39, 0.29) is 11.7 Å². The van der Waals surface area contributed by atoms with E-state index in [1.165, 1.54) is 0 Å². The van der Waals surface area contributed by atoms with Gasteiger partial charge in [0.1, 0.15) is 17.3 Å². The largest absolute Gasteiger partial charge is 0.423 e. The Labute approximate surface area is 189 Å². The van der Waals surface area contributed by atoms with Crippen molar-refractivity contribution in [2.45, 2.75) is 0 Å². The van der Waals surface area contributed by atoms with Crippen molar-refractivity contribution in [3.05, 3.63) is 47.8 Å². The average Bonchev–Trinajstić information content (AvgIpc) is 3.17. The number of anilines is 1. The fourth-order valence-corrected chi connectivity index (χ4v) is 4.12. The van der Waals surface area contributed by atoms with Gasteiger partial charge in [-0.25, -0.2) is 4.98 Å². The number of nitrogens with zero attached hydrogens (tertiary/aromatic N) is 7. The van der Waals surface area contributed by atoms with Gasteiger partial charge in [-0.3, -0.25) is 9.48 Å². The first-order valence-corrected chi connectivity index (χ1v) is 10.5. The third-order valence-corrected chi connectivity index (χ3v) is 5.92. The van der Waals surface area contributed by atoms with Crippen LogP contribution in [0.2, 0.25) is 0 Å². The molecule has 1 saturated heterocycles. The Morgan fingerprint density at radius 1 is 1.15 bits per heavy atom. The molecule has 4 aromatic rings. The molecule has 0 atom stereocenters. The summed E-state index contributed by atoms with van der Waals surface area (Å²) in [5.41, 5.74) is 8.27. The van der Waals surface area contributed by atoms with Crippen molar-refractivity contribution in [1.29, 1.82) is 5.26 Å². The zero-order valence-corrected chi connectivity index (χ0v) is 18.3. The lowest BCUT2D eigenvalue weighted by molar-refractivity contribution is 0.0996. The molecule has 0 aliphatic carbocycles. The average molecular weight is 442 g/mol. The third-order valence-electron chi connectivity index (χ3n) is 5.92. The van der Waals surface area contributed by atoms with Crippen LogP contribution >= 0.6 is 0 Å². The molecule has 1 aliphatic rings. The number of aromatic nitrogens is 4. The van der Waals surface area contributed by atoms with E-state index in [4.69, 9.17) is 10.5 Å². The molecule has 1 aliphatic heterocycles. The molecule has 0 radical (unpaired) electrons. The number of carbonyl (C=O) groups excluding carboxylic acids is 1. The van der Waals surface area contributed by atoms with Crippen molar-refractivity contribution in [3.63, 3.8) is 0 Å². The summed E-state index contributed by atoms with van der Waals surface area (Å²) in [6, 6.07) is 11.4. The van der Waals surface area contributed by atoms with Crippen molar-refractivity contribution in [2.75, 3.05) is 38.1 Å². The molecule has 1 amide bonds. The number of hydrogen-bond donors (Lipinski definition) is 1. The molecule has 0 unspecified atom stereocenters. The summed E-state index contributed by atoms with van der Waals surface area (Å²) >= 11 is 0. The van der Waals surface area contributed by atoms with Gasteiger partial charge in [-0.15, -0.1) is 0 Å². The number of aryl methyl sites for hydroxylation is 1. The number of primary amides is 1. The number of carbonyl (C=O) groups is 1. The molecule has 2 N–H and O–H groups in total. The van der Waals surface area contributed by atoms with E-state index >= 15 is 0 Å². The minimum Gasteiger partial charge on any atom is -0.423 e. The van der Waals surface area contributed by atoms with Gasteiger partial charge < -0.3 is 20.3 Å². The molecule has 10 heteroatoms. The lowest BCUT2D eigenvalue weighted by Crippen LogP contribution is -2.44. The van der Waals surface area contributed by atoms with Gasteiger partial charge in [0, 0.05) is 55.9 Å². The van der Waals surface area contributed by atoms with Crippen molar-refractivity contribution >= 4 is 33.4 Å². The molecule has 0 spiro atoms. The highest BCUT2D eigenvalue weighted by molar-refractivity contribution is 6.11. The number of benzene rings is 2. The number of likely N-dealkylation sites (N-methyl/N-ethyl adjacent to an activating group) is 1. The predicted octanol–water partition coefficient (Wildman–Crippen LogP) is 2.03. The van der Waals surface area contributed by atoms with Crippen LogP contribution in [0.3, 0.4) is 0 Å². The number of rotatable bonds is 4. The Balaban J connectivity index is 1.50. The van der Waals surface area contributed by atoms with Crippen LogP contribution in [0.15, 0.2) is 36.5 Å². The van der Waals surface area contributed by atoms with Crippen LogP contribution < -0.4 is 15.4 Å².